The van der Waals surface area contributed by atoms with Crippen molar-refractivity contribution < 1.29 is 9.59 Å². The molecule has 2 N–H and O–H groups in total. The van der Waals surface area contributed by atoms with E-state index >= 15 is 0 Å². The van der Waals surface area contributed by atoms with E-state index < -0.39 is 6.04 Å². The second-order valence-corrected chi connectivity index (χ2v) is 7.39. The first-order valence-corrected chi connectivity index (χ1v) is 8.74. The summed E-state index contributed by atoms with van der Waals surface area (Å²) in [6.07, 6.45) is 3.43. The van der Waals surface area contributed by atoms with Gasteiger partial charge in [0, 0.05) is 23.3 Å². The number of carbonyl (C=O) groups is 2. The zero-order valence-corrected chi connectivity index (χ0v) is 15.4. The second-order valence-electron chi connectivity index (χ2n) is 7.39. The van der Waals surface area contributed by atoms with E-state index in [1.54, 1.807) is 4.68 Å². The van der Waals surface area contributed by atoms with E-state index in [-0.39, 0.29) is 17.4 Å². The lowest BCUT2D eigenvalue weighted by molar-refractivity contribution is -0.121. The number of para-hydroxylation sites is 1. The number of aromatic nitrogens is 4. The van der Waals surface area contributed by atoms with Crippen LogP contribution in [0.4, 0.5) is 0 Å². The molecule has 27 heavy (non-hydrogen) atoms. The van der Waals surface area contributed by atoms with Gasteiger partial charge in [0.05, 0.1) is 16.8 Å². The van der Waals surface area contributed by atoms with Crippen LogP contribution in [0, 0.1) is 6.92 Å². The maximum atomic E-state index is 12.4. The van der Waals surface area contributed by atoms with Crippen LogP contribution in [0.2, 0.25) is 0 Å². The van der Waals surface area contributed by atoms with Crippen molar-refractivity contribution in [3.8, 4) is 5.95 Å². The summed E-state index contributed by atoms with van der Waals surface area (Å²) >= 11 is 0. The maximum absolute atomic E-state index is 12.4. The zero-order chi connectivity index (χ0) is 19.2. The van der Waals surface area contributed by atoms with Crippen LogP contribution in [0.15, 0.2) is 36.7 Å². The normalized spacial score (nSPS) is 18.5. The van der Waals surface area contributed by atoms with Crippen LogP contribution in [-0.2, 0) is 4.79 Å². The number of nitrogens with one attached hydrogen (secondary N) is 2. The number of carbonyl (C=O) groups excluding carboxylic acids is 2. The third kappa shape index (κ3) is 3.14. The van der Waals surface area contributed by atoms with Crippen molar-refractivity contribution in [2.75, 3.05) is 0 Å². The van der Waals surface area contributed by atoms with Gasteiger partial charge in [0.1, 0.15) is 6.04 Å². The topological polar surface area (TPSA) is 102 Å². The predicted molar refractivity (Wildman–Crippen MR) is 99.5 cm³/mol. The molecule has 2 amide bonds. The monoisotopic (exact) mass is 364 g/mol. The summed E-state index contributed by atoms with van der Waals surface area (Å²) in [5, 5.41) is 11.1. The molecule has 0 aliphatic carbocycles. The molecule has 4 rings (SSSR count). The Bertz CT molecular complexity index is 1040. The van der Waals surface area contributed by atoms with E-state index in [0.717, 1.165) is 16.6 Å². The number of amides is 2. The minimum Gasteiger partial charge on any atom is -0.349 e. The lowest BCUT2D eigenvalue weighted by Gasteiger charge is -2.16. The van der Waals surface area contributed by atoms with Crippen molar-refractivity contribution in [2.45, 2.75) is 38.8 Å². The number of fused-ring (bicyclic) bond motifs is 1. The highest BCUT2D eigenvalue weighted by atomic mass is 16.2. The summed E-state index contributed by atoms with van der Waals surface area (Å²) < 4.78 is 1.65. The van der Waals surface area contributed by atoms with Gasteiger partial charge in [-0.05, 0) is 33.3 Å². The van der Waals surface area contributed by atoms with Gasteiger partial charge in [-0.25, -0.2) is 9.97 Å². The van der Waals surface area contributed by atoms with Gasteiger partial charge < -0.3 is 10.6 Å². The Morgan fingerprint density at radius 2 is 1.96 bits per heavy atom. The van der Waals surface area contributed by atoms with Gasteiger partial charge in [0.2, 0.25) is 5.91 Å². The molecule has 1 aliphatic heterocycles. The number of rotatable bonds is 3. The third-order valence-corrected chi connectivity index (χ3v) is 4.66. The first kappa shape index (κ1) is 17.1. The van der Waals surface area contributed by atoms with E-state index in [0.29, 0.717) is 17.9 Å². The fourth-order valence-corrected chi connectivity index (χ4v) is 3.36. The van der Waals surface area contributed by atoms with Crippen LogP contribution in [0.1, 0.15) is 36.3 Å². The average Bonchev–Trinajstić information content (AvgIpc) is 3.11. The predicted octanol–water partition coefficient (Wildman–Crippen LogP) is 1.52. The van der Waals surface area contributed by atoms with Gasteiger partial charge in [-0.2, -0.15) is 9.78 Å². The molecule has 138 valence electrons. The van der Waals surface area contributed by atoms with Gasteiger partial charge in [0.15, 0.2) is 0 Å². The molecule has 1 saturated heterocycles. The standard InChI is InChI=1S/C19H20N6O2/c1-11-13-6-4-5-7-15(13)25(24-11)18-20-9-12(10-21-18)16(26)22-14-8-19(2,3)23-17(14)27/h4-7,9-10,14H,8H2,1-3H3,(H,22,26)(H,23,27). The van der Waals surface area contributed by atoms with Crippen LogP contribution in [-0.4, -0.2) is 43.1 Å². The Hall–Kier alpha value is -3.29. The molecule has 1 unspecified atom stereocenters. The highest BCUT2D eigenvalue weighted by molar-refractivity contribution is 5.98. The van der Waals surface area contributed by atoms with Gasteiger partial charge in [-0.15, -0.1) is 0 Å². The van der Waals surface area contributed by atoms with Crippen molar-refractivity contribution in [1.29, 1.82) is 0 Å². The molecule has 0 bridgehead atoms. The Labute approximate surface area is 156 Å². The molecule has 1 atom stereocenters. The minimum absolute atomic E-state index is 0.177. The van der Waals surface area contributed by atoms with Crippen molar-refractivity contribution in [3.05, 3.63) is 47.9 Å². The fraction of sp³-hybridized carbons (Fsp3) is 0.316. The Balaban J connectivity index is 1.55. The number of hydrogen-bond acceptors (Lipinski definition) is 5. The van der Waals surface area contributed by atoms with E-state index in [9.17, 15) is 9.59 Å². The molecule has 0 saturated carbocycles. The first-order chi connectivity index (χ1) is 12.8. The van der Waals surface area contributed by atoms with Gasteiger partial charge in [-0.3, -0.25) is 9.59 Å². The summed E-state index contributed by atoms with van der Waals surface area (Å²) in [6.45, 7) is 5.77. The molecular weight excluding hydrogens is 344 g/mol. The smallest absolute Gasteiger partial charge is 0.255 e. The third-order valence-electron chi connectivity index (χ3n) is 4.66. The summed E-state index contributed by atoms with van der Waals surface area (Å²) in [7, 11) is 0. The molecule has 8 nitrogen and oxygen atoms in total. The van der Waals surface area contributed by atoms with Gasteiger partial charge in [0.25, 0.3) is 11.9 Å². The molecule has 0 radical (unpaired) electrons. The van der Waals surface area contributed by atoms with E-state index in [2.05, 4.69) is 25.7 Å². The average molecular weight is 364 g/mol. The Kier molecular flexibility index (Phi) is 3.91. The van der Waals surface area contributed by atoms with E-state index in [4.69, 9.17) is 0 Å². The number of benzene rings is 1. The highest BCUT2D eigenvalue weighted by Gasteiger charge is 2.38. The van der Waals surface area contributed by atoms with E-state index in [1.807, 2.05) is 45.0 Å². The molecule has 1 fully saturated rings. The molecule has 3 heterocycles. The van der Waals surface area contributed by atoms with Gasteiger partial charge in [-0.1, -0.05) is 18.2 Å². The summed E-state index contributed by atoms with van der Waals surface area (Å²) in [5.74, 6) is -0.166. The number of aryl methyl sites for hydroxylation is 1. The quantitative estimate of drug-likeness (QED) is 0.734. The molecule has 2 aromatic heterocycles. The lowest BCUT2D eigenvalue weighted by Crippen LogP contribution is -2.40. The summed E-state index contributed by atoms with van der Waals surface area (Å²) in [6, 6.07) is 7.26. The van der Waals surface area contributed by atoms with Crippen molar-refractivity contribution in [2.24, 2.45) is 0 Å². The molecular formula is C19H20N6O2. The minimum atomic E-state index is -0.551. The molecule has 1 aliphatic rings. The van der Waals surface area contributed by atoms with Crippen LogP contribution in [0.25, 0.3) is 16.9 Å². The SMILES string of the molecule is Cc1nn(-c2ncc(C(=O)NC3CC(C)(C)NC3=O)cn2)c2ccccc12. The van der Waals surface area contributed by atoms with Crippen molar-refractivity contribution >= 4 is 22.7 Å². The maximum Gasteiger partial charge on any atom is 0.255 e. The summed E-state index contributed by atoms with van der Waals surface area (Å²) in [4.78, 5) is 32.9. The Morgan fingerprint density at radius 3 is 2.63 bits per heavy atom. The van der Waals surface area contributed by atoms with Gasteiger partial charge >= 0.3 is 0 Å². The zero-order valence-electron chi connectivity index (χ0n) is 15.4. The van der Waals surface area contributed by atoms with E-state index in [1.165, 1.54) is 12.4 Å². The molecule has 0 spiro atoms. The highest BCUT2D eigenvalue weighted by Crippen LogP contribution is 2.20. The molecule has 8 heteroatoms. The largest absolute Gasteiger partial charge is 0.349 e. The van der Waals surface area contributed by atoms with Crippen molar-refractivity contribution in [1.82, 2.24) is 30.4 Å². The summed E-state index contributed by atoms with van der Waals surface area (Å²) in [5.41, 5.74) is 1.75. The van der Waals surface area contributed by atoms with Crippen LogP contribution < -0.4 is 10.6 Å². The Morgan fingerprint density at radius 1 is 1.26 bits per heavy atom. The van der Waals surface area contributed by atoms with Crippen LogP contribution in [0.5, 0.6) is 0 Å². The number of nitrogens with zero attached hydrogens (tertiary/aromatic N) is 4. The van der Waals surface area contributed by atoms with Crippen LogP contribution in [0.3, 0.4) is 0 Å². The molecule has 3 aromatic rings. The number of hydrogen-bond donors (Lipinski definition) is 2. The fourth-order valence-electron chi connectivity index (χ4n) is 3.36. The lowest BCUT2D eigenvalue weighted by atomic mass is 10.0. The second kappa shape index (κ2) is 6.15. The van der Waals surface area contributed by atoms with Crippen molar-refractivity contribution in [3.63, 3.8) is 0 Å². The first-order valence-electron chi connectivity index (χ1n) is 8.74. The van der Waals surface area contributed by atoms with Crippen LogP contribution >= 0.6 is 0 Å². The molecule has 1 aromatic carbocycles.